The van der Waals surface area contributed by atoms with Gasteiger partial charge in [0.15, 0.2) is 12.4 Å². The second kappa shape index (κ2) is 4.36. The minimum absolute atomic E-state index is 0.810. The smallest absolute Gasteiger partial charge is 0.334 e. The Morgan fingerprint density at radius 3 is 1.52 bits per heavy atom. The summed E-state index contributed by atoms with van der Waals surface area (Å²) in [5.41, 5.74) is 4.23. The fourth-order valence-corrected chi connectivity index (χ4v) is 3.74. The Hall–Kier alpha value is -3.40. The van der Waals surface area contributed by atoms with Gasteiger partial charge in [0.05, 0.1) is 11.1 Å². The Bertz CT molecular complexity index is 1030. The molecule has 0 N–H and O–H groups in total. The lowest BCUT2D eigenvalue weighted by Gasteiger charge is -2.10. The largest absolute Gasteiger partial charge is 0.715 e. The van der Waals surface area contributed by atoms with Crippen LogP contribution in [0.15, 0.2) is 72.8 Å². The van der Waals surface area contributed by atoms with E-state index >= 15 is 0 Å². The number of fused-ring (bicyclic) bond motifs is 5. The van der Waals surface area contributed by atoms with Crippen LogP contribution in [0.2, 0.25) is 0 Å². The van der Waals surface area contributed by atoms with Crippen molar-refractivity contribution >= 4 is 23.8 Å². The monoisotopic (exact) mass is 326 g/mol. The fourth-order valence-electron chi connectivity index (χ4n) is 3.74. The molecule has 1 spiro atoms. The van der Waals surface area contributed by atoms with Crippen LogP contribution in [0.1, 0.15) is 11.1 Å². The molecule has 0 saturated carbocycles. The van der Waals surface area contributed by atoms with Crippen molar-refractivity contribution in [2.45, 2.75) is 6.03 Å². The maximum Gasteiger partial charge on any atom is 0.715 e. The zero-order valence-electron chi connectivity index (χ0n) is 13.3. The lowest BCUT2D eigenvalue weighted by molar-refractivity contribution is -0.829. The van der Waals surface area contributed by atoms with Crippen molar-refractivity contribution in [1.29, 1.82) is 0 Å². The average molecular weight is 326 g/mol. The lowest BCUT2D eigenvalue weighted by atomic mass is 10.1. The lowest BCUT2D eigenvalue weighted by Crippen LogP contribution is -2.52. The van der Waals surface area contributed by atoms with Crippen LogP contribution in [0, 0.1) is 0 Å². The molecular formula is C21H14N2O2+2. The number of ether oxygens (including phenoxy) is 2. The number of nitrogens with zero attached hydrogens (tertiary/aromatic N) is 2. The summed E-state index contributed by atoms with van der Waals surface area (Å²) >= 11 is 0. The van der Waals surface area contributed by atoms with E-state index < -0.39 is 6.03 Å². The third-order valence-corrected chi connectivity index (χ3v) is 4.88. The predicted molar refractivity (Wildman–Crippen MR) is 93.5 cm³/mol. The van der Waals surface area contributed by atoms with E-state index in [0.717, 1.165) is 34.0 Å². The molecular weight excluding hydrogens is 312 g/mol. The first kappa shape index (κ1) is 13.0. The molecule has 3 heterocycles. The van der Waals surface area contributed by atoms with E-state index in [2.05, 4.69) is 45.8 Å². The fraction of sp³-hybridized carbons (Fsp3) is 0.0476. The molecule has 4 heteroatoms. The van der Waals surface area contributed by atoms with Gasteiger partial charge < -0.3 is 9.47 Å². The highest BCUT2D eigenvalue weighted by atomic mass is 16.8. The molecule has 3 aliphatic heterocycles. The normalized spacial score (nSPS) is 17.4. The SMILES string of the molecule is C1=[N+]2c3ccccc3OC23Oc2ccccc2[N+]3=Cc2ccccc21. The molecule has 25 heavy (non-hydrogen) atoms. The Kier molecular flexibility index (Phi) is 2.26. The van der Waals surface area contributed by atoms with Gasteiger partial charge in [-0.3, -0.25) is 0 Å². The first-order valence-electron chi connectivity index (χ1n) is 8.29. The molecule has 0 amide bonds. The molecule has 4 nitrogen and oxygen atoms in total. The van der Waals surface area contributed by atoms with Gasteiger partial charge in [-0.2, -0.15) is 0 Å². The molecule has 0 atom stereocenters. The second-order valence-electron chi connectivity index (χ2n) is 6.32. The van der Waals surface area contributed by atoms with Crippen LogP contribution in [-0.2, 0) is 0 Å². The molecule has 0 saturated heterocycles. The molecule has 0 fully saturated rings. The summed E-state index contributed by atoms with van der Waals surface area (Å²) in [6.07, 6.45) is 4.20. The Balaban J connectivity index is 1.73. The van der Waals surface area contributed by atoms with E-state index in [1.165, 1.54) is 0 Å². The van der Waals surface area contributed by atoms with Crippen LogP contribution in [0.4, 0.5) is 11.4 Å². The summed E-state index contributed by atoms with van der Waals surface area (Å²) in [6, 6.07) is 23.3. The van der Waals surface area contributed by atoms with Crippen LogP contribution in [0.3, 0.4) is 0 Å². The topological polar surface area (TPSA) is 24.5 Å². The van der Waals surface area contributed by atoms with Gasteiger partial charge in [0.2, 0.25) is 11.5 Å². The molecule has 0 aromatic heterocycles. The summed E-state index contributed by atoms with van der Waals surface area (Å²) in [7, 11) is 0. The number of hydrogen-bond donors (Lipinski definition) is 0. The third-order valence-electron chi connectivity index (χ3n) is 4.88. The number of hydrogen-bond acceptors (Lipinski definition) is 2. The summed E-state index contributed by atoms with van der Waals surface area (Å²) in [5.74, 6) is 1.62. The Labute approximate surface area is 144 Å². The van der Waals surface area contributed by atoms with Crippen molar-refractivity contribution in [2.75, 3.05) is 0 Å². The van der Waals surface area contributed by atoms with E-state index in [1.807, 2.05) is 48.5 Å². The van der Waals surface area contributed by atoms with E-state index in [1.54, 1.807) is 0 Å². The van der Waals surface area contributed by atoms with Crippen LogP contribution >= 0.6 is 0 Å². The van der Waals surface area contributed by atoms with Gasteiger partial charge in [-0.25, -0.2) is 0 Å². The molecule has 0 radical (unpaired) electrons. The number of para-hydroxylation sites is 4. The molecule has 3 aromatic carbocycles. The van der Waals surface area contributed by atoms with Crippen molar-refractivity contribution in [3.05, 3.63) is 83.9 Å². The first-order valence-corrected chi connectivity index (χ1v) is 8.29. The second-order valence-corrected chi connectivity index (χ2v) is 6.32. The Morgan fingerprint density at radius 2 is 1.00 bits per heavy atom. The minimum atomic E-state index is -1.06. The van der Waals surface area contributed by atoms with Gasteiger partial charge in [-0.05, 0) is 33.4 Å². The van der Waals surface area contributed by atoms with Gasteiger partial charge in [0.1, 0.15) is 0 Å². The van der Waals surface area contributed by atoms with Crippen LogP contribution in [0.5, 0.6) is 11.5 Å². The predicted octanol–water partition coefficient (Wildman–Crippen LogP) is 3.62. The maximum absolute atomic E-state index is 6.38. The number of benzene rings is 3. The van der Waals surface area contributed by atoms with Gasteiger partial charge in [-0.1, -0.05) is 36.4 Å². The van der Waals surface area contributed by atoms with E-state index in [9.17, 15) is 0 Å². The summed E-state index contributed by atoms with van der Waals surface area (Å²) in [6.45, 7) is 0. The highest BCUT2D eigenvalue weighted by Gasteiger charge is 2.72. The van der Waals surface area contributed by atoms with Crippen LogP contribution < -0.4 is 9.47 Å². The molecule has 3 aromatic rings. The highest BCUT2D eigenvalue weighted by Crippen LogP contribution is 2.50. The summed E-state index contributed by atoms with van der Waals surface area (Å²) in [4.78, 5) is 0. The quantitative estimate of drug-likeness (QED) is 0.589. The van der Waals surface area contributed by atoms with Crippen molar-refractivity contribution in [3.63, 3.8) is 0 Å². The zero-order valence-corrected chi connectivity index (χ0v) is 13.3. The van der Waals surface area contributed by atoms with Crippen molar-refractivity contribution in [3.8, 4) is 11.5 Å². The van der Waals surface area contributed by atoms with Gasteiger partial charge >= 0.3 is 6.03 Å². The molecule has 0 bridgehead atoms. The third kappa shape index (κ3) is 1.56. The van der Waals surface area contributed by atoms with Gasteiger partial charge in [0.25, 0.3) is 11.4 Å². The Morgan fingerprint density at radius 1 is 0.560 bits per heavy atom. The van der Waals surface area contributed by atoms with Crippen molar-refractivity contribution in [1.82, 2.24) is 0 Å². The number of rotatable bonds is 0. The summed E-state index contributed by atoms with van der Waals surface area (Å²) < 4.78 is 16.9. The molecule has 0 unspecified atom stereocenters. The maximum atomic E-state index is 6.38. The molecule has 0 aliphatic carbocycles. The first-order chi connectivity index (χ1) is 12.4. The van der Waals surface area contributed by atoms with Crippen LogP contribution in [0.25, 0.3) is 0 Å². The molecule has 3 aliphatic rings. The van der Waals surface area contributed by atoms with E-state index in [0.29, 0.717) is 0 Å². The van der Waals surface area contributed by atoms with Gasteiger partial charge in [0, 0.05) is 12.1 Å². The average Bonchev–Trinajstić information content (AvgIpc) is 3.08. The van der Waals surface area contributed by atoms with Crippen molar-refractivity contribution in [2.24, 2.45) is 0 Å². The minimum Gasteiger partial charge on any atom is -0.334 e. The molecule has 118 valence electrons. The summed E-state index contributed by atoms with van der Waals surface area (Å²) in [5, 5.41) is 0. The zero-order chi connectivity index (χ0) is 16.4. The van der Waals surface area contributed by atoms with E-state index in [-0.39, 0.29) is 0 Å². The highest BCUT2D eigenvalue weighted by molar-refractivity contribution is 5.92. The van der Waals surface area contributed by atoms with E-state index in [4.69, 9.17) is 9.47 Å². The van der Waals surface area contributed by atoms with Crippen LogP contribution in [-0.4, -0.2) is 27.6 Å². The molecule has 6 rings (SSSR count). The van der Waals surface area contributed by atoms with Crippen molar-refractivity contribution < 1.29 is 18.6 Å². The van der Waals surface area contributed by atoms with Gasteiger partial charge in [-0.15, -0.1) is 0 Å². The standard InChI is InChI=1S/C21H14N2O2/c1-2-8-16-14-23-18-10-4-6-12-20(18)25-21(23)22(13-15(16)7-1)17-9-3-5-11-19(17)24-21/h1-14H/q+2.